The van der Waals surface area contributed by atoms with Gasteiger partial charge in [0.05, 0.1) is 6.07 Å². The van der Waals surface area contributed by atoms with Crippen LogP contribution in [-0.2, 0) is 11.2 Å². The van der Waals surface area contributed by atoms with E-state index in [9.17, 15) is 10.1 Å². The van der Waals surface area contributed by atoms with E-state index in [1.165, 1.54) is 18.4 Å². The summed E-state index contributed by atoms with van der Waals surface area (Å²) in [5.41, 5.74) is 2.23. The first-order valence-electron chi connectivity index (χ1n) is 6.94. The molecule has 1 unspecified atom stereocenters. The highest BCUT2D eigenvalue weighted by molar-refractivity contribution is 5.81. The third-order valence-electron chi connectivity index (χ3n) is 3.73. The Bertz CT molecular complexity index is 467. The number of aryl methyl sites for hydroxylation is 1. The van der Waals surface area contributed by atoms with Crippen LogP contribution in [0.25, 0.3) is 0 Å². The van der Waals surface area contributed by atoms with Crippen LogP contribution in [0.3, 0.4) is 0 Å². The molecule has 0 spiro atoms. The maximum absolute atomic E-state index is 12.1. The summed E-state index contributed by atoms with van der Waals surface area (Å²) < 4.78 is 0. The van der Waals surface area contributed by atoms with Crippen molar-refractivity contribution in [2.24, 2.45) is 5.92 Å². The van der Waals surface area contributed by atoms with E-state index < -0.39 is 5.92 Å². The highest BCUT2D eigenvalue weighted by Crippen LogP contribution is 2.18. The number of nitrogens with zero attached hydrogens (tertiary/aromatic N) is 1. The second-order valence-electron chi connectivity index (χ2n) is 5.36. The van der Waals surface area contributed by atoms with E-state index in [2.05, 4.69) is 11.4 Å². The van der Waals surface area contributed by atoms with Crippen LogP contribution in [0.4, 0.5) is 0 Å². The number of benzene rings is 1. The smallest absolute Gasteiger partial charge is 0.237 e. The average Bonchev–Trinajstić information content (AvgIpc) is 2.90. The number of amides is 1. The van der Waals surface area contributed by atoms with E-state index in [1.54, 1.807) is 0 Å². The Labute approximate surface area is 114 Å². The molecule has 1 fully saturated rings. The molecule has 0 heterocycles. The van der Waals surface area contributed by atoms with Crippen LogP contribution < -0.4 is 5.32 Å². The molecule has 1 atom stereocenters. The summed E-state index contributed by atoms with van der Waals surface area (Å²) >= 11 is 0. The Balaban J connectivity index is 1.93. The van der Waals surface area contributed by atoms with E-state index in [4.69, 9.17) is 0 Å². The molecule has 1 aliphatic carbocycles. The van der Waals surface area contributed by atoms with Gasteiger partial charge in [0.25, 0.3) is 0 Å². The predicted octanol–water partition coefficient (Wildman–Crippen LogP) is 2.74. The molecule has 1 aliphatic rings. The summed E-state index contributed by atoms with van der Waals surface area (Å²) in [5.74, 6) is -0.696. The lowest BCUT2D eigenvalue weighted by Gasteiger charge is -2.15. The van der Waals surface area contributed by atoms with Gasteiger partial charge in [0.2, 0.25) is 5.91 Å². The van der Waals surface area contributed by atoms with Gasteiger partial charge >= 0.3 is 0 Å². The Kier molecular flexibility index (Phi) is 4.57. The van der Waals surface area contributed by atoms with Gasteiger partial charge in [-0.1, -0.05) is 42.7 Å². The molecule has 0 bridgehead atoms. The minimum atomic E-state index is -0.580. The molecule has 0 aliphatic heterocycles. The van der Waals surface area contributed by atoms with E-state index >= 15 is 0 Å². The molecule has 1 aromatic carbocycles. The fourth-order valence-corrected chi connectivity index (χ4v) is 2.53. The highest BCUT2D eigenvalue weighted by atomic mass is 16.1. The zero-order chi connectivity index (χ0) is 13.7. The van der Waals surface area contributed by atoms with Crippen molar-refractivity contribution in [1.82, 2.24) is 5.32 Å². The molecule has 1 saturated carbocycles. The number of carbonyl (C=O) groups excluding carboxylic acids is 1. The molecule has 3 heteroatoms. The molecule has 0 saturated heterocycles. The van der Waals surface area contributed by atoms with Crippen LogP contribution in [0, 0.1) is 24.2 Å². The van der Waals surface area contributed by atoms with Crippen LogP contribution in [0.5, 0.6) is 0 Å². The van der Waals surface area contributed by atoms with Crippen LogP contribution in [0.15, 0.2) is 24.3 Å². The fraction of sp³-hybridized carbons (Fsp3) is 0.500. The summed E-state index contributed by atoms with van der Waals surface area (Å²) in [6.07, 6.45) is 4.96. The molecule has 3 nitrogen and oxygen atoms in total. The van der Waals surface area contributed by atoms with Gasteiger partial charge in [0, 0.05) is 6.04 Å². The largest absolute Gasteiger partial charge is 0.352 e. The van der Waals surface area contributed by atoms with Crippen molar-refractivity contribution < 1.29 is 4.79 Å². The van der Waals surface area contributed by atoms with Crippen molar-refractivity contribution in [3.05, 3.63) is 35.4 Å². The Hall–Kier alpha value is -1.82. The summed E-state index contributed by atoms with van der Waals surface area (Å²) in [6, 6.07) is 10.4. The highest BCUT2D eigenvalue weighted by Gasteiger charge is 2.23. The minimum Gasteiger partial charge on any atom is -0.352 e. The van der Waals surface area contributed by atoms with Crippen molar-refractivity contribution in [2.45, 2.75) is 45.1 Å². The molecule has 100 valence electrons. The zero-order valence-electron chi connectivity index (χ0n) is 11.4. The summed E-state index contributed by atoms with van der Waals surface area (Å²) in [6.45, 7) is 2.03. The Morgan fingerprint density at radius 1 is 1.37 bits per heavy atom. The monoisotopic (exact) mass is 256 g/mol. The second-order valence-corrected chi connectivity index (χ2v) is 5.36. The maximum Gasteiger partial charge on any atom is 0.237 e. The van der Waals surface area contributed by atoms with E-state index in [1.807, 2.05) is 31.2 Å². The van der Waals surface area contributed by atoms with Gasteiger partial charge in [-0.2, -0.15) is 5.26 Å². The fourth-order valence-electron chi connectivity index (χ4n) is 2.53. The number of hydrogen-bond acceptors (Lipinski definition) is 2. The number of nitriles is 1. The molecule has 2 rings (SSSR count). The molecule has 0 radical (unpaired) electrons. The first kappa shape index (κ1) is 13.6. The zero-order valence-corrected chi connectivity index (χ0v) is 11.4. The average molecular weight is 256 g/mol. The first-order valence-corrected chi connectivity index (χ1v) is 6.94. The van der Waals surface area contributed by atoms with Crippen molar-refractivity contribution in [2.75, 3.05) is 0 Å². The van der Waals surface area contributed by atoms with Crippen molar-refractivity contribution in [1.29, 1.82) is 5.26 Å². The molecular weight excluding hydrogens is 236 g/mol. The van der Waals surface area contributed by atoms with Gasteiger partial charge in [-0.25, -0.2) is 0 Å². The van der Waals surface area contributed by atoms with Gasteiger partial charge in [0.1, 0.15) is 5.92 Å². The van der Waals surface area contributed by atoms with Crippen LogP contribution >= 0.6 is 0 Å². The lowest BCUT2D eigenvalue weighted by Crippen LogP contribution is -2.37. The molecular formula is C16H20N2O. The quantitative estimate of drug-likeness (QED) is 0.900. The van der Waals surface area contributed by atoms with Gasteiger partial charge in [0.15, 0.2) is 0 Å². The third-order valence-corrected chi connectivity index (χ3v) is 3.73. The van der Waals surface area contributed by atoms with Crippen LogP contribution in [-0.4, -0.2) is 11.9 Å². The maximum atomic E-state index is 12.1. The molecule has 1 N–H and O–H groups in total. The minimum absolute atomic E-state index is 0.116. The van der Waals surface area contributed by atoms with E-state index in [0.717, 1.165) is 18.4 Å². The Morgan fingerprint density at radius 2 is 2.00 bits per heavy atom. The number of carbonyl (C=O) groups is 1. The van der Waals surface area contributed by atoms with Gasteiger partial charge in [-0.15, -0.1) is 0 Å². The van der Waals surface area contributed by atoms with E-state index in [0.29, 0.717) is 6.42 Å². The van der Waals surface area contributed by atoms with Crippen molar-refractivity contribution >= 4 is 5.91 Å². The van der Waals surface area contributed by atoms with Gasteiger partial charge < -0.3 is 5.32 Å². The third kappa shape index (κ3) is 3.82. The standard InChI is InChI=1S/C16H20N2O/c1-12-6-8-13(9-7-12)10-14(11-17)16(19)18-15-4-2-3-5-15/h6-9,14-15H,2-5,10H2,1H3,(H,18,19). The van der Waals surface area contributed by atoms with E-state index in [-0.39, 0.29) is 11.9 Å². The molecule has 1 amide bonds. The summed E-state index contributed by atoms with van der Waals surface area (Å²) in [5, 5.41) is 12.2. The second kappa shape index (κ2) is 6.38. The number of rotatable bonds is 4. The lowest BCUT2D eigenvalue weighted by atomic mass is 9.98. The van der Waals surface area contributed by atoms with Crippen molar-refractivity contribution in [3.8, 4) is 6.07 Å². The first-order chi connectivity index (χ1) is 9.19. The summed E-state index contributed by atoms with van der Waals surface area (Å²) in [7, 11) is 0. The number of hydrogen-bond donors (Lipinski definition) is 1. The Morgan fingerprint density at radius 3 is 2.58 bits per heavy atom. The lowest BCUT2D eigenvalue weighted by molar-refractivity contribution is -0.124. The number of nitrogens with one attached hydrogen (secondary N) is 1. The molecule has 0 aromatic heterocycles. The topological polar surface area (TPSA) is 52.9 Å². The van der Waals surface area contributed by atoms with Crippen molar-refractivity contribution in [3.63, 3.8) is 0 Å². The molecule has 19 heavy (non-hydrogen) atoms. The SMILES string of the molecule is Cc1ccc(CC(C#N)C(=O)NC2CCCC2)cc1. The van der Waals surface area contributed by atoms with Crippen LogP contribution in [0.1, 0.15) is 36.8 Å². The predicted molar refractivity (Wildman–Crippen MR) is 74.4 cm³/mol. The normalized spacial score (nSPS) is 16.8. The van der Waals surface area contributed by atoms with Crippen LogP contribution in [0.2, 0.25) is 0 Å². The summed E-state index contributed by atoms with van der Waals surface area (Å²) in [4.78, 5) is 12.1. The van der Waals surface area contributed by atoms with Gasteiger partial charge in [-0.3, -0.25) is 4.79 Å². The van der Waals surface area contributed by atoms with Gasteiger partial charge in [-0.05, 0) is 31.7 Å². The molecule has 1 aromatic rings.